The fourth-order valence-corrected chi connectivity index (χ4v) is 6.06. The standard InChI is InChI=1S/C9H22OSSi/c1-5-6-7-9(8-10)11-12(2,3)4/h9-10H,5-8H2,1-4H3. The van der Waals surface area contributed by atoms with Crippen molar-refractivity contribution in [2.24, 2.45) is 0 Å². The summed E-state index contributed by atoms with van der Waals surface area (Å²) in [6.07, 6.45) is 3.67. The van der Waals surface area contributed by atoms with Crippen molar-refractivity contribution in [2.45, 2.75) is 51.1 Å². The summed E-state index contributed by atoms with van der Waals surface area (Å²) < 4.78 is 0. The van der Waals surface area contributed by atoms with E-state index in [0.29, 0.717) is 11.9 Å². The van der Waals surface area contributed by atoms with E-state index in [1.54, 1.807) is 0 Å². The second-order valence-electron chi connectivity index (χ2n) is 4.18. The van der Waals surface area contributed by atoms with Crippen LogP contribution in [0, 0.1) is 0 Å². The van der Waals surface area contributed by atoms with E-state index >= 15 is 0 Å². The molecular formula is C9H22OSSi. The minimum atomic E-state index is -1.03. The molecule has 0 aliphatic heterocycles. The Morgan fingerprint density at radius 1 is 1.33 bits per heavy atom. The van der Waals surface area contributed by atoms with Crippen LogP contribution in [-0.4, -0.2) is 24.2 Å². The molecular weight excluding hydrogens is 184 g/mol. The van der Waals surface area contributed by atoms with Gasteiger partial charge >= 0.3 is 0 Å². The van der Waals surface area contributed by atoms with Gasteiger partial charge in [-0.3, -0.25) is 0 Å². The van der Waals surface area contributed by atoms with Crippen molar-refractivity contribution in [3.63, 3.8) is 0 Å². The lowest BCUT2D eigenvalue weighted by molar-refractivity contribution is 0.289. The normalized spacial score (nSPS) is 14.8. The average molecular weight is 206 g/mol. The lowest BCUT2D eigenvalue weighted by Crippen LogP contribution is -2.22. The van der Waals surface area contributed by atoms with Gasteiger partial charge in [0.05, 0.1) is 6.61 Å². The Labute approximate surface area is 81.6 Å². The predicted octanol–water partition coefficient (Wildman–Crippen LogP) is 3.11. The first-order valence-corrected chi connectivity index (χ1v) is 9.88. The molecule has 3 heteroatoms. The predicted molar refractivity (Wildman–Crippen MR) is 61.3 cm³/mol. The average Bonchev–Trinajstić information content (AvgIpc) is 1.95. The molecule has 0 saturated carbocycles. The minimum Gasteiger partial charge on any atom is -0.395 e. The lowest BCUT2D eigenvalue weighted by Gasteiger charge is -2.22. The summed E-state index contributed by atoms with van der Waals surface area (Å²) in [4.78, 5) is 0. The first-order valence-electron chi connectivity index (χ1n) is 4.78. The smallest absolute Gasteiger partial charge is 0.108 e. The molecule has 1 nitrogen and oxygen atoms in total. The van der Waals surface area contributed by atoms with E-state index in [1.807, 2.05) is 11.2 Å². The van der Waals surface area contributed by atoms with Gasteiger partial charge in [-0.15, -0.1) is 0 Å². The van der Waals surface area contributed by atoms with Gasteiger partial charge in [0.15, 0.2) is 0 Å². The molecule has 0 aromatic rings. The Bertz CT molecular complexity index is 112. The highest BCUT2D eigenvalue weighted by Crippen LogP contribution is 2.27. The van der Waals surface area contributed by atoms with E-state index in [-0.39, 0.29) is 0 Å². The molecule has 0 aliphatic carbocycles. The molecule has 0 fully saturated rings. The second kappa shape index (κ2) is 6.05. The Morgan fingerprint density at radius 2 is 1.92 bits per heavy atom. The highest BCUT2D eigenvalue weighted by atomic mass is 32.4. The van der Waals surface area contributed by atoms with Gasteiger partial charge in [-0.1, -0.05) is 39.4 Å². The van der Waals surface area contributed by atoms with E-state index in [0.717, 1.165) is 0 Å². The van der Waals surface area contributed by atoms with Gasteiger partial charge in [-0.05, 0) is 6.42 Å². The van der Waals surface area contributed by atoms with Crippen LogP contribution < -0.4 is 0 Å². The highest BCUT2D eigenvalue weighted by Gasteiger charge is 2.19. The third-order valence-corrected chi connectivity index (χ3v) is 6.15. The quantitative estimate of drug-likeness (QED) is 0.674. The van der Waals surface area contributed by atoms with Crippen molar-refractivity contribution < 1.29 is 5.11 Å². The molecule has 1 unspecified atom stereocenters. The van der Waals surface area contributed by atoms with Crippen LogP contribution in [0.1, 0.15) is 26.2 Å². The molecule has 0 aromatic carbocycles. The fourth-order valence-electron chi connectivity index (χ4n) is 1.12. The maximum atomic E-state index is 9.12. The Balaban J connectivity index is 3.67. The van der Waals surface area contributed by atoms with Gasteiger partial charge in [-0.25, -0.2) is 0 Å². The second-order valence-corrected chi connectivity index (χ2v) is 13.7. The van der Waals surface area contributed by atoms with E-state index < -0.39 is 7.22 Å². The van der Waals surface area contributed by atoms with Crippen LogP contribution in [-0.2, 0) is 0 Å². The monoisotopic (exact) mass is 206 g/mol. The molecule has 12 heavy (non-hydrogen) atoms. The first kappa shape index (κ1) is 12.5. The molecule has 0 amide bonds. The largest absolute Gasteiger partial charge is 0.395 e. The summed E-state index contributed by atoms with van der Waals surface area (Å²) in [5.41, 5.74) is 0. The highest BCUT2D eigenvalue weighted by molar-refractivity contribution is 8.29. The van der Waals surface area contributed by atoms with Crippen molar-refractivity contribution in [3.05, 3.63) is 0 Å². The molecule has 0 rings (SSSR count). The minimum absolute atomic E-state index is 0.356. The molecule has 0 saturated heterocycles. The van der Waals surface area contributed by atoms with E-state index in [2.05, 4.69) is 26.6 Å². The van der Waals surface area contributed by atoms with Crippen molar-refractivity contribution in [3.8, 4) is 0 Å². The maximum absolute atomic E-state index is 9.12. The topological polar surface area (TPSA) is 20.2 Å². The van der Waals surface area contributed by atoms with E-state index in [9.17, 15) is 0 Å². The van der Waals surface area contributed by atoms with Crippen LogP contribution >= 0.6 is 11.2 Å². The summed E-state index contributed by atoms with van der Waals surface area (Å²) in [5.74, 6) is 0. The van der Waals surface area contributed by atoms with Crippen LogP contribution in [0.5, 0.6) is 0 Å². The number of hydrogen-bond acceptors (Lipinski definition) is 2. The SMILES string of the molecule is CCCCC(CO)S[Si](C)(C)C. The van der Waals surface area contributed by atoms with Gasteiger partial charge in [0.2, 0.25) is 0 Å². The number of hydrogen-bond donors (Lipinski definition) is 1. The summed E-state index contributed by atoms with van der Waals surface area (Å²) in [5, 5.41) is 9.61. The van der Waals surface area contributed by atoms with Crippen molar-refractivity contribution in [1.29, 1.82) is 0 Å². The molecule has 0 aliphatic rings. The Hall–Kier alpha value is 0.527. The van der Waals surface area contributed by atoms with E-state index in [4.69, 9.17) is 5.11 Å². The lowest BCUT2D eigenvalue weighted by atomic mass is 10.2. The van der Waals surface area contributed by atoms with Gasteiger partial charge in [-0.2, -0.15) is 11.2 Å². The zero-order chi connectivity index (χ0) is 9.61. The molecule has 74 valence electrons. The zero-order valence-corrected chi connectivity index (χ0v) is 10.6. The molecule has 1 N–H and O–H groups in total. The van der Waals surface area contributed by atoms with Crippen molar-refractivity contribution in [2.75, 3.05) is 6.61 Å². The molecule has 0 radical (unpaired) electrons. The Kier molecular flexibility index (Phi) is 6.32. The summed E-state index contributed by atoms with van der Waals surface area (Å²) in [6.45, 7) is 9.58. The fraction of sp³-hybridized carbons (Fsp3) is 1.00. The molecule has 0 bridgehead atoms. The summed E-state index contributed by atoms with van der Waals surface area (Å²) in [7, 11) is -1.03. The summed E-state index contributed by atoms with van der Waals surface area (Å²) >= 11 is 2.03. The van der Waals surface area contributed by atoms with Crippen molar-refractivity contribution in [1.82, 2.24) is 0 Å². The van der Waals surface area contributed by atoms with Gasteiger partial charge in [0.25, 0.3) is 0 Å². The van der Waals surface area contributed by atoms with Gasteiger partial charge < -0.3 is 5.11 Å². The van der Waals surface area contributed by atoms with Gasteiger partial charge in [0, 0.05) is 5.25 Å². The van der Waals surface area contributed by atoms with Gasteiger partial charge in [0.1, 0.15) is 7.22 Å². The van der Waals surface area contributed by atoms with Crippen LogP contribution in [0.4, 0.5) is 0 Å². The number of unbranched alkanes of at least 4 members (excludes halogenated alkanes) is 1. The third-order valence-electron chi connectivity index (χ3n) is 1.60. The number of rotatable bonds is 6. The zero-order valence-electron chi connectivity index (χ0n) is 8.76. The third kappa shape index (κ3) is 7.19. The molecule has 0 aromatic heterocycles. The van der Waals surface area contributed by atoms with Crippen LogP contribution in [0.2, 0.25) is 19.6 Å². The number of aliphatic hydroxyl groups excluding tert-OH is 1. The first-order chi connectivity index (χ1) is 5.49. The molecule has 0 spiro atoms. The van der Waals surface area contributed by atoms with Crippen molar-refractivity contribution >= 4 is 18.4 Å². The molecule has 0 heterocycles. The Morgan fingerprint density at radius 3 is 2.25 bits per heavy atom. The summed E-state index contributed by atoms with van der Waals surface area (Å²) in [6, 6.07) is 0. The number of aliphatic hydroxyl groups is 1. The maximum Gasteiger partial charge on any atom is 0.108 e. The molecule has 1 atom stereocenters. The van der Waals surface area contributed by atoms with Crippen LogP contribution in [0.3, 0.4) is 0 Å². The van der Waals surface area contributed by atoms with Crippen LogP contribution in [0.15, 0.2) is 0 Å². The van der Waals surface area contributed by atoms with Crippen LogP contribution in [0.25, 0.3) is 0 Å². The van der Waals surface area contributed by atoms with E-state index in [1.165, 1.54) is 19.3 Å².